The molecule has 0 radical (unpaired) electrons. The summed E-state index contributed by atoms with van der Waals surface area (Å²) in [6, 6.07) is 11.0. The lowest BCUT2D eigenvalue weighted by Crippen LogP contribution is -2.09. The van der Waals surface area contributed by atoms with Gasteiger partial charge < -0.3 is 4.74 Å². The van der Waals surface area contributed by atoms with Crippen molar-refractivity contribution in [3.8, 4) is 5.75 Å². The van der Waals surface area contributed by atoms with Crippen LogP contribution in [-0.4, -0.2) is 11.2 Å². The SMILES string of the molecule is O=C(Cl)c1cc(Cl)c(OC(=O)c2ccccc2)c(Cl)c1. The molecule has 0 aromatic heterocycles. The van der Waals surface area contributed by atoms with Crippen LogP contribution < -0.4 is 4.74 Å². The van der Waals surface area contributed by atoms with Crippen LogP contribution in [0.3, 0.4) is 0 Å². The van der Waals surface area contributed by atoms with Gasteiger partial charge in [0.2, 0.25) is 0 Å². The van der Waals surface area contributed by atoms with Gasteiger partial charge in [0.1, 0.15) is 0 Å². The highest BCUT2D eigenvalue weighted by Crippen LogP contribution is 2.35. The van der Waals surface area contributed by atoms with E-state index in [4.69, 9.17) is 39.5 Å². The van der Waals surface area contributed by atoms with E-state index >= 15 is 0 Å². The molecule has 0 N–H and O–H groups in total. The van der Waals surface area contributed by atoms with Crippen LogP contribution in [0.2, 0.25) is 10.0 Å². The minimum atomic E-state index is -0.699. The molecule has 102 valence electrons. The summed E-state index contributed by atoms with van der Waals surface area (Å²) in [4.78, 5) is 23.0. The first-order chi connectivity index (χ1) is 9.49. The summed E-state index contributed by atoms with van der Waals surface area (Å²) < 4.78 is 5.14. The molecule has 2 rings (SSSR count). The maximum absolute atomic E-state index is 11.9. The molecule has 2 aromatic rings. The fraction of sp³-hybridized carbons (Fsp3) is 0. The zero-order chi connectivity index (χ0) is 14.7. The maximum Gasteiger partial charge on any atom is 0.343 e. The van der Waals surface area contributed by atoms with Crippen LogP contribution in [-0.2, 0) is 0 Å². The van der Waals surface area contributed by atoms with E-state index in [1.807, 2.05) is 0 Å². The fourth-order valence-corrected chi connectivity index (χ4v) is 2.17. The van der Waals surface area contributed by atoms with Gasteiger partial charge in [-0.25, -0.2) is 4.79 Å². The lowest BCUT2D eigenvalue weighted by atomic mass is 10.2. The molecule has 0 unspecified atom stereocenters. The topological polar surface area (TPSA) is 43.4 Å². The van der Waals surface area contributed by atoms with Gasteiger partial charge in [0.25, 0.3) is 5.24 Å². The highest BCUT2D eigenvalue weighted by Gasteiger charge is 2.16. The van der Waals surface area contributed by atoms with Crippen molar-refractivity contribution in [3.05, 3.63) is 63.6 Å². The number of carbonyl (C=O) groups excluding carboxylic acids is 2. The largest absolute Gasteiger partial charge is 0.420 e. The molecule has 0 saturated heterocycles. The third-order valence-corrected chi connectivity index (χ3v) is 3.21. The molecule has 0 saturated carbocycles. The van der Waals surface area contributed by atoms with Crippen LogP contribution in [0, 0.1) is 0 Å². The van der Waals surface area contributed by atoms with Gasteiger partial charge >= 0.3 is 5.97 Å². The summed E-state index contributed by atoms with van der Waals surface area (Å²) in [6.45, 7) is 0. The Hall–Kier alpha value is -1.55. The van der Waals surface area contributed by atoms with Gasteiger partial charge in [-0.3, -0.25) is 4.79 Å². The second kappa shape index (κ2) is 6.27. The van der Waals surface area contributed by atoms with Crippen LogP contribution >= 0.6 is 34.8 Å². The molecule has 0 amide bonds. The second-order valence-electron chi connectivity index (χ2n) is 3.80. The Bertz CT molecular complexity index is 646. The van der Waals surface area contributed by atoms with Gasteiger partial charge in [0, 0.05) is 5.56 Å². The molecule has 0 atom stereocenters. The molecule has 20 heavy (non-hydrogen) atoms. The summed E-state index contributed by atoms with van der Waals surface area (Å²) in [5.74, 6) is -0.608. The normalized spacial score (nSPS) is 10.2. The number of esters is 1. The van der Waals surface area contributed by atoms with Crippen LogP contribution in [0.25, 0.3) is 0 Å². The van der Waals surface area contributed by atoms with E-state index in [1.165, 1.54) is 12.1 Å². The highest BCUT2D eigenvalue weighted by molar-refractivity contribution is 6.68. The molecule has 0 aliphatic rings. The van der Waals surface area contributed by atoms with Crippen molar-refractivity contribution in [3.63, 3.8) is 0 Å². The number of halogens is 3. The number of hydrogen-bond acceptors (Lipinski definition) is 3. The zero-order valence-corrected chi connectivity index (χ0v) is 12.2. The molecular weight excluding hydrogens is 323 g/mol. The fourth-order valence-electron chi connectivity index (χ4n) is 1.50. The van der Waals surface area contributed by atoms with E-state index in [0.29, 0.717) is 5.56 Å². The van der Waals surface area contributed by atoms with E-state index < -0.39 is 11.2 Å². The lowest BCUT2D eigenvalue weighted by molar-refractivity contribution is 0.0735. The first-order valence-electron chi connectivity index (χ1n) is 5.45. The zero-order valence-electron chi connectivity index (χ0n) is 9.90. The Morgan fingerprint density at radius 3 is 1.95 bits per heavy atom. The van der Waals surface area contributed by atoms with Gasteiger partial charge in [-0.05, 0) is 35.9 Å². The first kappa shape index (κ1) is 14.9. The summed E-state index contributed by atoms with van der Waals surface area (Å²) >= 11 is 17.2. The van der Waals surface area contributed by atoms with E-state index in [2.05, 4.69) is 0 Å². The summed E-state index contributed by atoms with van der Waals surface area (Å²) in [7, 11) is 0. The van der Waals surface area contributed by atoms with E-state index in [9.17, 15) is 9.59 Å². The smallest absolute Gasteiger partial charge is 0.343 e. The van der Waals surface area contributed by atoms with Crippen molar-refractivity contribution in [2.75, 3.05) is 0 Å². The molecule has 0 spiro atoms. The van der Waals surface area contributed by atoms with Crippen LogP contribution in [0.4, 0.5) is 0 Å². The van der Waals surface area contributed by atoms with Gasteiger partial charge in [-0.15, -0.1) is 0 Å². The van der Waals surface area contributed by atoms with Gasteiger partial charge in [0.15, 0.2) is 5.75 Å². The molecule has 2 aromatic carbocycles. The van der Waals surface area contributed by atoms with Gasteiger partial charge in [0.05, 0.1) is 15.6 Å². The summed E-state index contributed by atoms with van der Waals surface area (Å²) in [5.41, 5.74) is 0.485. The second-order valence-corrected chi connectivity index (χ2v) is 4.96. The molecule has 0 aliphatic heterocycles. The predicted molar refractivity (Wildman–Crippen MR) is 78.0 cm³/mol. The highest BCUT2D eigenvalue weighted by atomic mass is 35.5. The van der Waals surface area contributed by atoms with Crippen molar-refractivity contribution in [2.45, 2.75) is 0 Å². The van der Waals surface area contributed by atoms with Crippen molar-refractivity contribution < 1.29 is 14.3 Å². The summed E-state index contributed by atoms with van der Waals surface area (Å²) in [5, 5.41) is -0.633. The van der Waals surface area contributed by atoms with Crippen LogP contribution in [0.1, 0.15) is 20.7 Å². The third-order valence-electron chi connectivity index (χ3n) is 2.43. The maximum atomic E-state index is 11.9. The molecule has 3 nitrogen and oxygen atoms in total. The molecule has 0 heterocycles. The predicted octanol–water partition coefficient (Wildman–Crippen LogP) is 4.59. The van der Waals surface area contributed by atoms with E-state index in [1.54, 1.807) is 30.3 Å². The van der Waals surface area contributed by atoms with Crippen LogP contribution in [0.15, 0.2) is 42.5 Å². The minimum absolute atomic E-state index is 0.0103. The molecular formula is C14H7Cl3O3. The van der Waals surface area contributed by atoms with E-state index in [0.717, 1.165) is 0 Å². The molecule has 0 aliphatic carbocycles. The van der Waals surface area contributed by atoms with Gasteiger partial charge in [-0.1, -0.05) is 41.4 Å². The van der Waals surface area contributed by atoms with Crippen molar-refractivity contribution in [1.29, 1.82) is 0 Å². The Labute approximate surface area is 130 Å². The van der Waals surface area contributed by atoms with E-state index in [-0.39, 0.29) is 21.4 Å². The average molecular weight is 330 g/mol. The lowest BCUT2D eigenvalue weighted by Gasteiger charge is -2.09. The number of rotatable bonds is 3. The van der Waals surface area contributed by atoms with Crippen molar-refractivity contribution in [2.24, 2.45) is 0 Å². The van der Waals surface area contributed by atoms with Gasteiger partial charge in [-0.2, -0.15) is 0 Å². The first-order valence-corrected chi connectivity index (χ1v) is 6.58. The van der Waals surface area contributed by atoms with Crippen molar-refractivity contribution >= 4 is 46.0 Å². The Morgan fingerprint density at radius 2 is 1.45 bits per heavy atom. The van der Waals surface area contributed by atoms with Crippen LogP contribution in [0.5, 0.6) is 5.75 Å². The third kappa shape index (κ3) is 3.31. The monoisotopic (exact) mass is 328 g/mol. The summed E-state index contributed by atoms with van der Waals surface area (Å²) in [6.07, 6.45) is 0. The standard InChI is InChI=1S/C14H7Cl3O3/c15-10-6-9(13(17)18)7-11(16)12(10)20-14(19)8-4-2-1-3-5-8/h1-7H. The quantitative estimate of drug-likeness (QED) is 0.470. The Balaban J connectivity index is 2.31. The Morgan fingerprint density at radius 1 is 0.900 bits per heavy atom. The average Bonchev–Trinajstić information content (AvgIpc) is 2.43. The number of benzene rings is 2. The molecule has 0 fully saturated rings. The number of carbonyl (C=O) groups is 2. The minimum Gasteiger partial charge on any atom is -0.420 e. The molecule has 0 bridgehead atoms. The molecule has 6 heteroatoms. The van der Waals surface area contributed by atoms with Crippen molar-refractivity contribution in [1.82, 2.24) is 0 Å². The number of ether oxygens (including phenoxy) is 1. The Kier molecular flexibility index (Phi) is 4.65. The number of hydrogen-bond donors (Lipinski definition) is 0.